The lowest BCUT2D eigenvalue weighted by Crippen LogP contribution is -2.30. The first-order valence-electron chi connectivity index (χ1n) is 3.26. The molecule has 1 heterocycles. The number of aliphatic hydroxyl groups is 2. The lowest BCUT2D eigenvalue weighted by Gasteiger charge is -2.10. The van der Waals surface area contributed by atoms with Crippen molar-refractivity contribution in [2.75, 3.05) is 6.61 Å². The summed E-state index contributed by atoms with van der Waals surface area (Å²) in [5.74, 6) is 0. The van der Waals surface area contributed by atoms with Crippen LogP contribution >= 0.6 is 0 Å². The molecule has 58 valence electrons. The molecule has 2 N–H and O–H groups in total. The van der Waals surface area contributed by atoms with Crippen molar-refractivity contribution in [1.82, 2.24) is 0 Å². The summed E-state index contributed by atoms with van der Waals surface area (Å²) in [6, 6.07) is 0. The molecular formula is C6H11NO3. The average Bonchev–Trinajstić information content (AvgIpc) is 2.36. The van der Waals surface area contributed by atoms with Crippen LogP contribution in [0.2, 0.25) is 0 Å². The highest BCUT2D eigenvalue weighted by Gasteiger charge is 2.21. The maximum absolute atomic E-state index is 9.17. The molecule has 0 saturated heterocycles. The molecule has 10 heavy (non-hydrogen) atoms. The maximum Gasteiger partial charge on any atom is 0.122 e. The van der Waals surface area contributed by atoms with Crippen molar-refractivity contribution >= 4 is 5.71 Å². The maximum atomic E-state index is 9.17. The van der Waals surface area contributed by atoms with Crippen LogP contribution in [0.1, 0.15) is 13.3 Å². The van der Waals surface area contributed by atoms with Gasteiger partial charge in [0.05, 0.1) is 11.8 Å². The number of oxime groups is 1. The third kappa shape index (κ3) is 1.46. The second kappa shape index (κ2) is 2.98. The molecule has 0 aromatic heterocycles. The van der Waals surface area contributed by atoms with E-state index < -0.39 is 12.2 Å². The summed E-state index contributed by atoms with van der Waals surface area (Å²) < 4.78 is 0. The second-order valence-electron chi connectivity index (χ2n) is 2.35. The van der Waals surface area contributed by atoms with E-state index in [2.05, 4.69) is 9.99 Å². The van der Waals surface area contributed by atoms with Crippen molar-refractivity contribution in [2.45, 2.75) is 25.6 Å². The number of rotatable bonds is 2. The first-order valence-corrected chi connectivity index (χ1v) is 3.26. The van der Waals surface area contributed by atoms with E-state index in [1.54, 1.807) is 0 Å². The largest absolute Gasteiger partial charge is 0.395 e. The molecule has 4 nitrogen and oxygen atoms in total. The Balaban J connectivity index is 2.47. The molecule has 0 amide bonds. The van der Waals surface area contributed by atoms with Crippen molar-refractivity contribution in [2.24, 2.45) is 5.16 Å². The summed E-state index contributed by atoms with van der Waals surface area (Å²) in [7, 11) is 0. The zero-order valence-electron chi connectivity index (χ0n) is 5.82. The third-order valence-corrected chi connectivity index (χ3v) is 1.43. The minimum atomic E-state index is -0.859. The highest BCUT2D eigenvalue weighted by Crippen LogP contribution is 2.06. The Morgan fingerprint density at radius 2 is 2.30 bits per heavy atom. The lowest BCUT2D eigenvalue weighted by atomic mass is 10.1. The van der Waals surface area contributed by atoms with E-state index >= 15 is 0 Å². The first-order chi connectivity index (χ1) is 4.72. The standard InChI is InChI=1S/C6H11NO3/c1-4(8)6(9)5-2-3-10-7-5/h4,6,8-9H,2-3H2,1H3/t4-,6+/m0/s1. The van der Waals surface area contributed by atoms with Crippen LogP contribution in [0, 0.1) is 0 Å². The number of hydrogen-bond donors (Lipinski definition) is 2. The van der Waals surface area contributed by atoms with Crippen LogP contribution in [0.5, 0.6) is 0 Å². The molecule has 1 aliphatic rings. The fraction of sp³-hybridized carbons (Fsp3) is 0.833. The fourth-order valence-electron chi connectivity index (χ4n) is 0.805. The van der Waals surface area contributed by atoms with Crippen molar-refractivity contribution < 1.29 is 15.1 Å². The van der Waals surface area contributed by atoms with E-state index in [4.69, 9.17) is 10.2 Å². The normalized spacial score (nSPS) is 23.3. The Morgan fingerprint density at radius 3 is 2.70 bits per heavy atom. The first kappa shape index (κ1) is 7.50. The van der Waals surface area contributed by atoms with Gasteiger partial charge < -0.3 is 15.1 Å². The quantitative estimate of drug-likeness (QED) is 0.551. The summed E-state index contributed by atoms with van der Waals surface area (Å²) in [6.45, 7) is 2.03. The molecule has 1 aliphatic heterocycles. The van der Waals surface area contributed by atoms with Crippen LogP contribution in [-0.4, -0.2) is 34.7 Å². The van der Waals surface area contributed by atoms with Gasteiger partial charge in [-0.25, -0.2) is 0 Å². The van der Waals surface area contributed by atoms with E-state index in [1.165, 1.54) is 6.92 Å². The lowest BCUT2D eigenvalue weighted by molar-refractivity contribution is 0.0721. The van der Waals surface area contributed by atoms with Crippen LogP contribution in [0.25, 0.3) is 0 Å². The molecule has 0 spiro atoms. The van der Waals surface area contributed by atoms with Gasteiger partial charge in [-0.15, -0.1) is 0 Å². The van der Waals surface area contributed by atoms with Crippen LogP contribution < -0.4 is 0 Å². The summed E-state index contributed by atoms with van der Waals surface area (Å²) in [5.41, 5.74) is 0.537. The van der Waals surface area contributed by atoms with Gasteiger partial charge in [0.25, 0.3) is 0 Å². The molecule has 0 radical (unpaired) electrons. The molecule has 0 aromatic rings. The van der Waals surface area contributed by atoms with Gasteiger partial charge in [0.1, 0.15) is 12.7 Å². The minimum Gasteiger partial charge on any atom is -0.395 e. The monoisotopic (exact) mass is 145 g/mol. The second-order valence-corrected chi connectivity index (χ2v) is 2.35. The molecule has 1 rings (SSSR count). The average molecular weight is 145 g/mol. The van der Waals surface area contributed by atoms with Crippen molar-refractivity contribution in [1.29, 1.82) is 0 Å². The van der Waals surface area contributed by atoms with Crippen molar-refractivity contribution in [3.8, 4) is 0 Å². The van der Waals surface area contributed by atoms with Gasteiger partial charge in [-0.1, -0.05) is 5.16 Å². The van der Waals surface area contributed by atoms with Gasteiger partial charge in [0.2, 0.25) is 0 Å². The highest BCUT2D eigenvalue weighted by atomic mass is 16.6. The molecule has 4 heteroatoms. The van der Waals surface area contributed by atoms with Crippen LogP contribution in [0.3, 0.4) is 0 Å². The minimum absolute atomic E-state index is 0.513. The molecular weight excluding hydrogens is 134 g/mol. The molecule has 2 atom stereocenters. The molecule has 0 aromatic carbocycles. The highest BCUT2D eigenvalue weighted by molar-refractivity contribution is 5.89. The summed E-state index contributed by atoms with van der Waals surface area (Å²) >= 11 is 0. The molecule has 0 bridgehead atoms. The molecule has 0 unspecified atom stereocenters. The van der Waals surface area contributed by atoms with E-state index in [0.717, 1.165) is 0 Å². The SMILES string of the molecule is C[C@H](O)[C@@H](O)C1=NOCC1. The van der Waals surface area contributed by atoms with Crippen LogP contribution in [-0.2, 0) is 4.84 Å². The predicted octanol–water partition coefficient (Wildman–Crippen LogP) is -0.496. The van der Waals surface area contributed by atoms with Crippen LogP contribution in [0.15, 0.2) is 5.16 Å². The topological polar surface area (TPSA) is 62.0 Å². The Morgan fingerprint density at radius 1 is 1.60 bits per heavy atom. The van der Waals surface area contributed by atoms with E-state index in [0.29, 0.717) is 18.7 Å². The Bertz CT molecular complexity index is 144. The fourth-order valence-corrected chi connectivity index (χ4v) is 0.805. The molecule has 0 saturated carbocycles. The number of nitrogens with zero attached hydrogens (tertiary/aromatic N) is 1. The summed E-state index contributed by atoms with van der Waals surface area (Å²) in [5, 5.41) is 21.6. The zero-order valence-corrected chi connectivity index (χ0v) is 5.82. The van der Waals surface area contributed by atoms with Gasteiger partial charge in [-0.05, 0) is 6.92 Å². The zero-order chi connectivity index (χ0) is 7.56. The van der Waals surface area contributed by atoms with Crippen LogP contribution in [0.4, 0.5) is 0 Å². The van der Waals surface area contributed by atoms with Crippen molar-refractivity contribution in [3.63, 3.8) is 0 Å². The van der Waals surface area contributed by atoms with Crippen molar-refractivity contribution in [3.05, 3.63) is 0 Å². The Kier molecular flexibility index (Phi) is 2.24. The third-order valence-electron chi connectivity index (χ3n) is 1.43. The van der Waals surface area contributed by atoms with Gasteiger partial charge in [-0.3, -0.25) is 0 Å². The van der Waals surface area contributed by atoms with E-state index in [1.807, 2.05) is 0 Å². The van der Waals surface area contributed by atoms with Gasteiger partial charge in [-0.2, -0.15) is 0 Å². The van der Waals surface area contributed by atoms with E-state index in [9.17, 15) is 0 Å². The van der Waals surface area contributed by atoms with Gasteiger partial charge in [0.15, 0.2) is 0 Å². The summed E-state index contributed by atoms with van der Waals surface area (Å²) in [4.78, 5) is 4.65. The van der Waals surface area contributed by atoms with E-state index in [-0.39, 0.29) is 0 Å². The number of hydrogen-bond acceptors (Lipinski definition) is 4. The Hall–Kier alpha value is -0.610. The van der Waals surface area contributed by atoms with Gasteiger partial charge in [0, 0.05) is 6.42 Å². The Labute approximate surface area is 59.1 Å². The molecule has 0 aliphatic carbocycles. The molecule has 0 fully saturated rings. The van der Waals surface area contributed by atoms with Gasteiger partial charge >= 0.3 is 0 Å². The predicted molar refractivity (Wildman–Crippen MR) is 35.7 cm³/mol. The number of aliphatic hydroxyl groups excluding tert-OH is 2. The summed E-state index contributed by atoms with van der Waals surface area (Å²) in [6.07, 6.45) is -1.01. The smallest absolute Gasteiger partial charge is 0.122 e.